The van der Waals surface area contributed by atoms with E-state index in [0.717, 1.165) is 0 Å². The van der Waals surface area contributed by atoms with E-state index in [1.54, 1.807) is 0 Å². The highest BCUT2D eigenvalue weighted by Crippen LogP contribution is 2.29. The number of nitrogens with one attached hydrogen (secondary N) is 1. The van der Waals surface area contributed by atoms with Crippen LogP contribution in [-0.4, -0.2) is 30.0 Å². The Morgan fingerprint density at radius 1 is 1.63 bits per heavy atom. The van der Waals surface area contributed by atoms with Crippen molar-refractivity contribution in [2.75, 3.05) is 18.5 Å². The van der Waals surface area contributed by atoms with Gasteiger partial charge in [-0.05, 0) is 18.2 Å². The van der Waals surface area contributed by atoms with Crippen molar-refractivity contribution in [1.29, 1.82) is 0 Å². The second-order valence-corrected chi connectivity index (χ2v) is 5.85. The van der Waals surface area contributed by atoms with Gasteiger partial charge in [0.2, 0.25) is 0 Å². The van der Waals surface area contributed by atoms with Gasteiger partial charge in [-0.1, -0.05) is 30.3 Å². The summed E-state index contributed by atoms with van der Waals surface area (Å²) in [6, 6.07) is 3.82. The molecule has 1 aromatic carbocycles. The van der Waals surface area contributed by atoms with E-state index < -0.39 is 5.82 Å². The van der Waals surface area contributed by atoms with E-state index >= 15 is 0 Å². The minimum absolute atomic E-state index is 0.0250. The summed E-state index contributed by atoms with van der Waals surface area (Å²) in [5.74, 6) is -0.517. The summed E-state index contributed by atoms with van der Waals surface area (Å²) in [5.41, 5.74) is 0.492. The lowest BCUT2D eigenvalue weighted by molar-refractivity contribution is 0.251. The van der Waals surface area contributed by atoms with Crippen LogP contribution in [0.1, 0.15) is 6.92 Å². The molecule has 4 nitrogen and oxygen atoms in total. The van der Waals surface area contributed by atoms with E-state index in [-0.39, 0.29) is 11.1 Å². The van der Waals surface area contributed by atoms with Gasteiger partial charge in [-0.25, -0.2) is 14.1 Å². The topological polar surface area (TPSA) is 44.7 Å². The highest BCUT2D eigenvalue weighted by atomic mass is 35.5. The maximum absolute atomic E-state index is 13.2. The first-order valence-electron chi connectivity index (χ1n) is 5.71. The number of thioether (sulfide) groups is 1. The van der Waals surface area contributed by atoms with Crippen molar-refractivity contribution in [3.8, 4) is 0 Å². The Morgan fingerprint density at radius 3 is 2.89 bits per heavy atom. The zero-order valence-corrected chi connectivity index (χ0v) is 12.1. The Kier molecular flexibility index (Phi) is 4.31. The highest BCUT2D eigenvalue weighted by molar-refractivity contribution is 8.15. The molecule has 0 aromatic heterocycles. The number of hydrogen-bond acceptors (Lipinski definition) is 3. The molecule has 1 N–H and O–H groups in total. The summed E-state index contributed by atoms with van der Waals surface area (Å²) in [7, 11) is 1.53. The van der Waals surface area contributed by atoms with E-state index in [9.17, 15) is 9.18 Å². The summed E-state index contributed by atoms with van der Waals surface area (Å²) in [5, 5.41) is 3.43. The predicted molar refractivity (Wildman–Crippen MR) is 77.7 cm³/mol. The fourth-order valence-corrected chi connectivity index (χ4v) is 2.76. The van der Waals surface area contributed by atoms with Crippen LogP contribution in [0.5, 0.6) is 0 Å². The minimum atomic E-state index is -0.517. The highest BCUT2D eigenvalue weighted by Gasteiger charge is 2.27. The monoisotopic (exact) mass is 301 g/mol. The van der Waals surface area contributed by atoms with Crippen LogP contribution < -0.4 is 10.2 Å². The van der Waals surface area contributed by atoms with Crippen molar-refractivity contribution in [3.05, 3.63) is 29.0 Å². The van der Waals surface area contributed by atoms with Crippen LogP contribution in [0, 0.1) is 5.82 Å². The van der Waals surface area contributed by atoms with Gasteiger partial charge in [0, 0.05) is 12.3 Å². The van der Waals surface area contributed by atoms with Gasteiger partial charge in [0.25, 0.3) is 0 Å². The molecule has 0 saturated heterocycles. The summed E-state index contributed by atoms with van der Waals surface area (Å²) in [6.07, 6.45) is 0. The molecule has 19 heavy (non-hydrogen) atoms. The van der Waals surface area contributed by atoms with Crippen LogP contribution in [0.15, 0.2) is 23.2 Å². The molecule has 102 valence electrons. The Hall–Kier alpha value is -1.27. The van der Waals surface area contributed by atoms with Crippen LogP contribution in [0.25, 0.3) is 0 Å². The molecule has 1 aliphatic rings. The van der Waals surface area contributed by atoms with Crippen LogP contribution in [0.2, 0.25) is 5.02 Å². The molecule has 1 heterocycles. The lowest BCUT2D eigenvalue weighted by atomic mass is 10.3. The summed E-state index contributed by atoms with van der Waals surface area (Å²) in [6.45, 7) is 2.68. The molecule has 0 radical (unpaired) electrons. The maximum Gasteiger partial charge on any atom is 0.327 e. The number of amidine groups is 1. The predicted octanol–water partition coefficient (Wildman–Crippen LogP) is 3.12. The van der Waals surface area contributed by atoms with Gasteiger partial charge in [-0.3, -0.25) is 4.99 Å². The second-order valence-electron chi connectivity index (χ2n) is 4.04. The molecule has 0 unspecified atom stereocenters. The average Bonchev–Trinajstić information content (AvgIpc) is 2.80. The van der Waals surface area contributed by atoms with Crippen molar-refractivity contribution in [1.82, 2.24) is 5.32 Å². The third kappa shape index (κ3) is 3.01. The van der Waals surface area contributed by atoms with Gasteiger partial charge in [-0.2, -0.15) is 0 Å². The maximum atomic E-state index is 13.2. The number of carbonyl (C=O) groups excluding carboxylic acids is 1. The number of hydrogen-bond donors (Lipinski definition) is 1. The van der Waals surface area contributed by atoms with Gasteiger partial charge in [-0.15, -0.1) is 0 Å². The van der Waals surface area contributed by atoms with Crippen LogP contribution in [0.3, 0.4) is 0 Å². The number of aliphatic imine (C=N–C) groups is 1. The minimum Gasteiger partial charge on any atom is -0.340 e. The molecule has 0 saturated carbocycles. The Morgan fingerprint density at radius 2 is 2.37 bits per heavy atom. The van der Waals surface area contributed by atoms with Crippen LogP contribution >= 0.6 is 23.4 Å². The first-order valence-corrected chi connectivity index (χ1v) is 6.96. The fourth-order valence-electron chi connectivity index (χ4n) is 1.64. The van der Waals surface area contributed by atoms with Crippen LogP contribution in [-0.2, 0) is 0 Å². The fraction of sp³-hybridized carbons (Fsp3) is 0.333. The molecule has 0 bridgehead atoms. The molecule has 0 fully saturated rings. The van der Waals surface area contributed by atoms with E-state index in [4.69, 9.17) is 11.6 Å². The van der Waals surface area contributed by atoms with Crippen molar-refractivity contribution in [3.63, 3.8) is 0 Å². The number of anilines is 1. The third-order valence-electron chi connectivity index (χ3n) is 2.56. The molecule has 7 heteroatoms. The Balaban J connectivity index is 2.37. The summed E-state index contributed by atoms with van der Waals surface area (Å²) in [4.78, 5) is 17.7. The molecule has 1 aromatic rings. The lowest BCUT2D eigenvalue weighted by Gasteiger charge is -2.22. The number of benzene rings is 1. The van der Waals surface area contributed by atoms with E-state index in [1.165, 1.54) is 41.9 Å². The van der Waals surface area contributed by atoms with Gasteiger partial charge < -0.3 is 5.32 Å². The molecular formula is C12H13ClFN3OS. The molecule has 0 aliphatic carbocycles. The quantitative estimate of drug-likeness (QED) is 0.866. The van der Waals surface area contributed by atoms with Crippen molar-refractivity contribution in [2.45, 2.75) is 12.2 Å². The van der Waals surface area contributed by atoms with Crippen LogP contribution in [0.4, 0.5) is 14.9 Å². The Bertz CT molecular complexity index is 538. The van der Waals surface area contributed by atoms with E-state index in [0.29, 0.717) is 22.6 Å². The van der Waals surface area contributed by atoms with Gasteiger partial charge in [0.15, 0.2) is 5.17 Å². The second kappa shape index (κ2) is 5.79. The first kappa shape index (κ1) is 14.1. The van der Waals surface area contributed by atoms with Crippen molar-refractivity contribution < 1.29 is 9.18 Å². The summed E-state index contributed by atoms with van der Waals surface area (Å²) < 4.78 is 13.2. The SMILES string of the molecule is CNC(=O)N(C1=NC[C@H](C)S1)c1ccc(F)c(Cl)c1. The third-order valence-corrected chi connectivity index (χ3v) is 3.92. The molecule has 2 amide bonds. The number of nitrogens with zero attached hydrogens (tertiary/aromatic N) is 2. The zero-order valence-electron chi connectivity index (χ0n) is 10.5. The average molecular weight is 302 g/mol. The lowest BCUT2D eigenvalue weighted by Crippen LogP contribution is -2.41. The van der Waals surface area contributed by atoms with Crippen molar-refractivity contribution in [2.24, 2.45) is 4.99 Å². The van der Waals surface area contributed by atoms with E-state index in [2.05, 4.69) is 10.3 Å². The summed E-state index contributed by atoms with van der Waals surface area (Å²) >= 11 is 7.26. The molecular weight excluding hydrogens is 289 g/mol. The zero-order chi connectivity index (χ0) is 14.0. The molecule has 0 spiro atoms. The van der Waals surface area contributed by atoms with Gasteiger partial charge in [0.05, 0.1) is 17.3 Å². The molecule has 1 aliphatic heterocycles. The number of rotatable bonds is 1. The number of amides is 2. The molecule has 1 atom stereocenters. The number of urea groups is 1. The van der Waals surface area contributed by atoms with E-state index in [1.807, 2.05) is 6.92 Å². The first-order chi connectivity index (χ1) is 9.02. The van der Waals surface area contributed by atoms with Crippen molar-refractivity contribution >= 4 is 40.2 Å². The Labute approximate surface area is 120 Å². The smallest absolute Gasteiger partial charge is 0.327 e. The number of halogens is 2. The standard InChI is InChI=1S/C12H13ClFN3OS/c1-7-6-16-12(19-7)17(11(18)15-2)8-3-4-10(14)9(13)5-8/h3-5,7H,6H2,1-2H3,(H,15,18)/t7-/m0/s1. The van der Waals surface area contributed by atoms with Gasteiger partial charge in [0.1, 0.15) is 5.82 Å². The molecule has 2 rings (SSSR count). The normalized spacial score (nSPS) is 18.1. The largest absolute Gasteiger partial charge is 0.340 e. The van der Waals surface area contributed by atoms with Gasteiger partial charge >= 0.3 is 6.03 Å². The number of carbonyl (C=O) groups is 1.